The Kier molecular flexibility index (Phi) is 4.42. The lowest BCUT2D eigenvalue weighted by atomic mass is 10.2. The monoisotopic (exact) mass is 275 g/mol. The van der Waals surface area contributed by atoms with Gasteiger partial charge in [-0.05, 0) is 34.5 Å². The van der Waals surface area contributed by atoms with Crippen molar-refractivity contribution in [3.8, 4) is 0 Å². The molecule has 76 valence electrons. The van der Waals surface area contributed by atoms with Crippen molar-refractivity contribution in [3.63, 3.8) is 0 Å². The van der Waals surface area contributed by atoms with Gasteiger partial charge < -0.3 is 5.32 Å². The fraction of sp³-hybridized carbons (Fsp3) is 0.300. The first-order valence-electron chi connectivity index (χ1n) is 4.26. The molecule has 0 aliphatic rings. The zero-order chi connectivity index (χ0) is 10.6. The molecule has 14 heavy (non-hydrogen) atoms. The van der Waals surface area contributed by atoms with E-state index in [0.717, 1.165) is 15.7 Å². The van der Waals surface area contributed by atoms with Crippen LogP contribution in [0.5, 0.6) is 0 Å². The maximum Gasteiger partial charge on any atom is 0.225 e. The summed E-state index contributed by atoms with van der Waals surface area (Å²) in [5.74, 6) is 0.279. The highest BCUT2D eigenvalue weighted by atomic mass is 79.9. The van der Waals surface area contributed by atoms with E-state index in [0.29, 0.717) is 12.3 Å². The predicted octanol–water partition coefficient (Wildman–Crippen LogP) is 3.32. The highest BCUT2D eigenvalue weighted by Gasteiger charge is 2.05. The van der Waals surface area contributed by atoms with Crippen molar-refractivity contribution < 1.29 is 4.79 Å². The van der Waals surface area contributed by atoms with Gasteiger partial charge in [-0.1, -0.05) is 12.1 Å². The molecule has 0 aromatic heterocycles. The van der Waals surface area contributed by atoms with Gasteiger partial charge in [0.2, 0.25) is 5.91 Å². The molecule has 0 spiro atoms. The third kappa shape index (κ3) is 3.00. The normalized spacial score (nSPS) is 9.93. The van der Waals surface area contributed by atoms with E-state index in [1.807, 2.05) is 25.1 Å². The highest BCUT2D eigenvalue weighted by Crippen LogP contribution is 2.25. The third-order valence-corrected chi connectivity index (χ3v) is 3.03. The van der Waals surface area contributed by atoms with E-state index in [1.54, 1.807) is 0 Å². The van der Waals surface area contributed by atoms with E-state index in [1.165, 1.54) is 0 Å². The van der Waals surface area contributed by atoms with Crippen LogP contribution in [0.15, 0.2) is 22.7 Å². The van der Waals surface area contributed by atoms with Crippen molar-refractivity contribution >= 4 is 39.1 Å². The van der Waals surface area contributed by atoms with Gasteiger partial charge in [0.1, 0.15) is 0 Å². The van der Waals surface area contributed by atoms with Crippen LogP contribution in [0.4, 0.5) is 5.69 Å². The number of benzene rings is 1. The number of hydrogen-bond acceptors (Lipinski definition) is 1. The van der Waals surface area contributed by atoms with Gasteiger partial charge in [0, 0.05) is 16.8 Å². The van der Waals surface area contributed by atoms with Gasteiger partial charge in [-0.2, -0.15) is 0 Å². The van der Waals surface area contributed by atoms with Gasteiger partial charge in [-0.15, -0.1) is 11.6 Å². The Morgan fingerprint density at radius 2 is 2.29 bits per heavy atom. The van der Waals surface area contributed by atoms with Crippen molar-refractivity contribution in [2.24, 2.45) is 0 Å². The first-order valence-corrected chi connectivity index (χ1v) is 5.59. The maximum absolute atomic E-state index is 11.3. The maximum atomic E-state index is 11.3. The molecule has 0 radical (unpaired) electrons. The molecule has 1 N–H and O–H groups in total. The highest BCUT2D eigenvalue weighted by molar-refractivity contribution is 9.10. The van der Waals surface area contributed by atoms with Crippen LogP contribution in [0.2, 0.25) is 0 Å². The molecule has 2 nitrogen and oxygen atoms in total. The topological polar surface area (TPSA) is 29.1 Å². The summed E-state index contributed by atoms with van der Waals surface area (Å²) in [4.78, 5) is 11.3. The number of nitrogens with one attached hydrogen (secondary N) is 1. The van der Waals surface area contributed by atoms with Gasteiger partial charge in [-0.25, -0.2) is 0 Å². The molecule has 0 aliphatic carbocycles. The van der Waals surface area contributed by atoms with Crippen LogP contribution in [-0.2, 0) is 4.79 Å². The van der Waals surface area contributed by atoms with Crippen molar-refractivity contribution in [3.05, 3.63) is 28.2 Å². The van der Waals surface area contributed by atoms with E-state index in [4.69, 9.17) is 11.6 Å². The summed E-state index contributed by atoms with van der Waals surface area (Å²) in [5.41, 5.74) is 1.88. The van der Waals surface area contributed by atoms with Crippen LogP contribution in [-0.4, -0.2) is 11.8 Å². The van der Waals surface area contributed by atoms with Crippen molar-refractivity contribution in [2.45, 2.75) is 13.3 Å². The van der Waals surface area contributed by atoms with E-state index >= 15 is 0 Å². The fourth-order valence-electron chi connectivity index (χ4n) is 1.04. The van der Waals surface area contributed by atoms with Gasteiger partial charge >= 0.3 is 0 Å². The Morgan fingerprint density at radius 1 is 1.57 bits per heavy atom. The van der Waals surface area contributed by atoms with Crippen molar-refractivity contribution in [1.29, 1.82) is 0 Å². The first-order chi connectivity index (χ1) is 6.65. The Labute approximate surface area is 96.8 Å². The molecule has 0 fully saturated rings. The standard InChI is InChI=1S/C10H11BrClNO/c1-7-3-2-4-8(10(7)11)13-9(14)5-6-12/h2-4H,5-6H2,1H3,(H,13,14). The summed E-state index contributed by atoms with van der Waals surface area (Å²) >= 11 is 8.87. The van der Waals surface area contributed by atoms with Crippen LogP contribution >= 0.6 is 27.5 Å². The number of anilines is 1. The zero-order valence-electron chi connectivity index (χ0n) is 7.81. The van der Waals surface area contributed by atoms with Crippen molar-refractivity contribution in [1.82, 2.24) is 0 Å². The van der Waals surface area contributed by atoms with Crippen LogP contribution < -0.4 is 5.32 Å². The number of carbonyl (C=O) groups is 1. The average molecular weight is 277 g/mol. The summed E-state index contributed by atoms with van der Waals surface area (Å²) in [6.45, 7) is 1.97. The molecule has 0 unspecified atom stereocenters. The molecule has 0 saturated carbocycles. The summed E-state index contributed by atoms with van der Waals surface area (Å²) < 4.78 is 0.919. The molecular formula is C10H11BrClNO. The van der Waals surface area contributed by atoms with Gasteiger partial charge in [-0.3, -0.25) is 4.79 Å². The van der Waals surface area contributed by atoms with E-state index in [9.17, 15) is 4.79 Å². The minimum atomic E-state index is -0.0636. The summed E-state index contributed by atoms with van der Waals surface area (Å²) in [7, 11) is 0. The molecule has 1 amide bonds. The fourth-order valence-corrected chi connectivity index (χ4v) is 1.58. The molecule has 0 atom stereocenters. The van der Waals surface area contributed by atoms with Crippen LogP contribution in [0.3, 0.4) is 0 Å². The molecule has 1 aromatic rings. The number of amides is 1. The summed E-state index contributed by atoms with van der Waals surface area (Å²) in [6, 6.07) is 5.72. The van der Waals surface area contributed by atoms with Gasteiger partial charge in [0.05, 0.1) is 5.69 Å². The largest absolute Gasteiger partial charge is 0.325 e. The van der Waals surface area contributed by atoms with Crippen molar-refractivity contribution in [2.75, 3.05) is 11.2 Å². The summed E-state index contributed by atoms with van der Waals surface area (Å²) in [5, 5.41) is 2.78. The molecule has 4 heteroatoms. The van der Waals surface area contributed by atoms with Crippen LogP contribution in [0, 0.1) is 6.92 Å². The predicted molar refractivity (Wildman–Crippen MR) is 62.8 cm³/mol. The van der Waals surface area contributed by atoms with E-state index in [2.05, 4.69) is 21.2 Å². The molecular weight excluding hydrogens is 265 g/mol. The second-order valence-corrected chi connectivity index (χ2v) is 4.09. The molecule has 0 heterocycles. The quantitative estimate of drug-likeness (QED) is 0.843. The number of halogens is 2. The average Bonchev–Trinajstić information content (AvgIpc) is 2.13. The minimum Gasteiger partial charge on any atom is -0.325 e. The smallest absolute Gasteiger partial charge is 0.225 e. The second kappa shape index (κ2) is 5.37. The molecule has 1 rings (SSSR count). The number of alkyl halides is 1. The van der Waals surface area contributed by atoms with Crippen LogP contribution in [0.1, 0.15) is 12.0 Å². The number of aryl methyl sites for hydroxylation is 1. The Bertz CT molecular complexity index is 341. The Morgan fingerprint density at radius 3 is 2.93 bits per heavy atom. The van der Waals surface area contributed by atoms with Gasteiger partial charge in [0.15, 0.2) is 0 Å². The molecule has 1 aromatic carbocycles. The van der Waals surface area contributed by atoms with E-state index in [-0.39, 0.29) is 5.91 Å². The zero-order valence-corrected chi connectivity index (χ0v) is 10.2. The van der Waals surface area contributed by atoms with E-state index < -0.39 is 0 Å². The molecule has 0 saturated heterocycles. The van der Waals surface area contributed by atoms with Crippen LogP contribution in [0.25, 0.3) is 0 Å². The Balaban J connectivity index is 2.76. The Hall–Kier alpha value is -0.540. The second-order valence-electron chi connectivity index (χ2n) is 2.92. The third-order valence-electron chi connectivity index (χ3n) is 1.79. The number of hydrogen-bond donors (Lipinski definition) is 1. The lowest BCUT2D eigenvalue weighted by Crippen LogP contribution is -2.12. The minimum absolute atomic E-state index is 0.0636. The first kappa shape index (κ1) is 11.5. The molecule has 0 bridgehead atoms. The summed E-state index contributed by atoms with van der Waals surface area (Å²) in [6.07, 6.45) is 0.335. The SMILES string of the molecule is Cc1cccc(NC(=O)CCCl)c1Br. The molecule has 0 aliphatic heterocycles. The lowest BCUT2D eigenvalue weighted by Gasteiger charge is -2.07. The van der Waals surface area contributed by atoms with Gasteiger partial charge in [0.25, 0.3) is 0 Å². The number of rotatable bonds is 3. The lowest BCUT2D eigenvalue weighted by molar-refractivity contribution is -0.115. The number of carbonyl (C=O) groups excluding carboxylic acids is 1.